The van der Waals surface area contributed by atoms with Crippen LogP contribution in [0.4, 0.5) is 0 Å². The van der Waals surface area contributed by atoms with Gasteiger partial charge in [0, 0.05) is 13.8 Å². The molecule has 7 heteroatoms. The van der Waals surface area contributed by atoms with Crippen LogP contribution in [0.25, 0.3) is 0 Å². The van der Waals surface area contributed by atoms with Crippen LogP contribution in [0.15, 0.2) is 0 Å². The van der Waals surface area contributed by atoms with Gasteiger partial charge in [0.1, 0.15) is 0 Å². The third kappa shape index (κ3) is 14.6. The molecule has 0 saturated heterocycles. The van der Waals surface area contributed by atoms with E-state index in [-0.39, 0.29) is 11.9 Å². The number of hydrogen-bond donors (Lipinski definition) is 0. The van der Waals surface area contributed by atoms with Gasteiger partial charge in [-0.1, -0.05) is 12.8 Å². The van der Waals surface area contributed by atoms with Crippen LogP contribution in [-0.2, 0) is 23.2 Å². The Bertz CT molecular complexity index is 335. The fourth-order valence-corrected chi connectivity index (χ4v) is 11.6. The molecular weight excluding hydrogens is 328 g/mol. The smallest absolute Gasteiger partial charge is 0.302 e. The highest BCUT2D eigenvalue weighted by Crippen LogP contribution is 2.24. The van der Waals surface area contributed by atoms with Crippen LogP contribution in [0.3, 0.4) is 0 Å². The van der Waals surface area contributed by atoms with Gasteiger partial charge in [0.2, 0.25) is 0 Å². The quantitative estimate of drug-likeness (QED) is 0.297. The van der Waals surface area contributed by atoms with Gasteiger partial charge in [-0.2, -0.15) is 0 Å². The Morgan fingerprint density at radius 1 is 0.696 bits per heavy atom. The van der Waals surface area contributed by atoms with Crippen molar-refractivity contribution < 1.29 is 23.2 Å². The molecule has 0 aliphatic rings. The Morgan fingerprint density at radius 3 is 1.35 bits per heavy atom. The fourth-order valence-electron chi connectivity index (χ4n) is 2.59. The van der Waals surface area contributed by atoms with Crippen LogP contribution in [0, 0.1) is 0 Å². The van der Waals surface area contributed by atoms with Gasteiger partial charge in [0.15, 0.2) is 16.6 Å². The van der Waals surface area contributed by atoms with E-state index in [0.717, 1.165) is 37.8 Å². The van der Waals surface area contributed by atoms with Crippen molar-refractivity contribution in [1.82, 2.24) is 0 Å². The van der Waals surface area contributed by atoms with Crippen molar-refractivity contribution >= 4 is 28.6 Å². The molecule has 0 aromatic heterocycles. The van der Waals surface area contributed by atoms with Crippen molar-refractivity contribution in [3.8, 4) is 0 Å². The molecule has 0 rings (SSSR count). The minimum absolute atomic E-state index is 0.208. The van der Waals surface area contributed by atoms with E-state index in [0.29, 0.717) is 13.2 Å². The molecule has 0 saturated carbocycles. The molecule has 0 spiro atoms. The maximum absolute atomic E-state index is 10.7. The fraction of sp³-hybridized carbons (Fsp3) is 0.875. The molecule has 0 heterocycles. The predicted molar refractivity (Wildman–Crippen MR) is 97.4 cm³/mol. The summed E-state index contributed by atoms with van der Waals surface area (Å²) in [5, 5.41) is 0. The van der Waals surface area contributed by atoms with Gasteiger partial charge in [0.05, 0.1) is 13.2 Å². The highest BCUT2D eigenvalue weighted by molar-refractivity contribution is 6.84. The van der Waals surface area contributed by atoms with Gasteiger partial charge in [0.25, 0.3) is 0 Å². The van der Waals surface area contributed by atoms with E-state index >= 15 is 0 Å². The van der Waals surface area contributed by atoms with Crippen molar-refractivity contribution in [2.45, 2.75) is 77.8 Å². The summed E-state index contributed by atoms with van der Waals surface area (Å²) in [7, 11) is -3.33. The largest absolute Gasteiger partial charge is 0.466 e. The minimum Gasteiger partial charge on any atom is -0.466 e. The zero-order valence-corrected chi connectivity index (χ0v) is 17.7. The van der Waals surface area contributed by atoms with Crippen molar-refractivity contribution in [2.24, 2.45) is 0 Å². The minimum atomic E-state index is -1.67. The molecule has 136 valence electrons. The summed E-state index contributed by atoms with van der Waals surface area (Å²) in [4.78, 5) is 21.4. The van der Waals surface area contributed by atoms with E-state index < -0.39 is 16.6 Å². The number of carbonyl (C=O) groups is 2. The normalized spacial score (nSPS) is 12.1. The Balaban J connectivity index is 3.94. The number of hydrogen-bond acceptors (Lipinski definition) is 5. The lowest BCUT2D eigenvalue weighted by atomic mass is 10.4. The molecule has 0 amide bonds. The molecule has 0 atom stereocenters. The van der Waals surface area contributed by atoms with Crippen LogP contribution < -0.4 is 0 Å². The van der Waals surface area contributed by atoms with Crippen LogP contribution in [-0.4, -0.2) is 41.8 Å². The Labute approximate surface area is 143 Å². The Hall–Kier alpha value is -0.666. The second kappa shape index (κ2) is 11.0. The van der Waals surface area contributed by atoms with Gasteiger partial charge in [-0.25, -0.2) is 0 Å². The molecule has 0 bridgehead atoms. The topological polar surface area (TPSA) is 61.8 Å². The van der Waals surface area contributed by atoms with E-state index in [1.165, 1.54) is 13.8 Å². The third-order valence-electron chi connectivity index (χ3n) is 3.51. The van der Waals surface area contributed by atoms with Crippen LogP contribution >= 0.6 is 0 Å². The molecule has 5 nitrogen and oxygen atoms in total. The van der Waals surface area contributed by atoms with Gasteiger partial charge in [-0.05, 0) is 51.1 Å². The number of ether oxygens (including phenoxy) is 2. The zero-order chi connectivity index (χ0) is 17.9. The number of rotatable bonds is 12. The van der Waals surface area contributed by atoms with Crippen molar-refractivity contribution in [3.05, 3.63) is 0 Å². The molecule has 0 aliphatic heterocycles. The highest BCUT2D eigenvalue weighted by atomic mass is 28.4. The van der Waals surface area contributed by atoms with Gasteiger partial charge in [-0.15, -0.1) is 0 Å². The maximum atomic E-state index is 10.7. The van der Waals surface area contributed by atoms with Crippen molar-refractivity contribution in [2.75, 3.05) is 13.2 Å². The number of carbonyl (C=O) groups excluding carboxylic acids is 2. The van der Waals surface area contributed by atoms with Gasteiger partial charge >= 0.3 is 11.9 Å². The van der Waals surface area contributed by atoms with E-state index in [4.69, 9.17) is 13.6 Å². The highest BCUT2D eigenvalue weighted by Gasteiger charge is 2.32. The molecule has 0 radical (unpaired) electrons. The average molecular weight is 363 g/mol. The second-order valence-corrected chi connectivity index (χ2v) is 16.1. The summed E-state index contributed by atoms with van der Waals surface area (Å²) >= 11 is 0. The third-order valence-corrected chi connectivity index (χ3v) is 11.0. The molecule has 0 fully saturated rings. The summed E-state index contributed by atoms with van der Waals surface area (Å²) in [6.07, 6.45) is 3.90. The summed E-state index contributed by atoms with van der Waals surface area (Å²) in [6, 6.07) is 2.19. The molecule has 23 heavy (non-hydrogen) atoms. The van der Waals surface area contributed by atoms with E-state index in [1.54, 1.807) is 0 Å². The van der Waals surface area contributed by atoms with Gasteiger partial charge in [-0.3, -0.25) is 9.59 Å². The van der Waals surface area contributed by atoms with Crippen molar-refractivity contribution in [1.29, 1.82) is 0 Å². The van der Waals surface area contributed by atoms with Crippen LogP contribution in [0.5, 0.6) is 0 Å². The first kappa shape index (κ1) is 22.3. The first-order chi connectivity index (χ1) is 10.5. The van der Waals surface area contributed by atoms with E-state index in [1.807, 2.05) is 0 Å². The monoisotopic (exact) mass is 362 g/mol. The first-order valence-electron chi connectivity index (χ1n) is 8.51. The summed E-state index contributed by atoms with van der Waals surface area (Å²) in [6.45, 7) is 13.0. The molecular formula is C16H34O5Si2. The van der Waals surface area contributed by atoms with Gasteiger partial charge < -0.3 is 13.6 Å². The lowest BCUT2D eigenvalue weighted by Gasteiger charge is -2.34. The van der Waals surface area contributed by atoms with Crippen LogP contribution in [0.2, 0.25) is 38.3 Å². The summed E-state index contributed by atoms with van der Waals surface area (Å²) in [5.74, 6) is -0.417. The lowest BCUT2D eigenvalue weighted by molar-refractivity contribution is -0.142. The molecule has 0 unspecified atom stereocenters. The summed E-state index contributed by atoms with van der Waals surface area (Å²) < 4.78 is 16.5. The first-order valence-corrected chi connectivity index (χ1v) is 14.7. The SMILES string of the molecule is CC(=O)OCCCC[Si](C)(C)O[Si](C)(C)CCCCOC(C)=O. The summed E-state index contributed by atoms with van der Waals surface area (Å²) in [5.41, 5.74) is 0. The Morgan fingerprint density at radius 2 is 1.04 bits per heavy atom. The zero-order valence-electron chi connectivity index (χ0n) is 15.7. The average Bonchev–Trinajstić information content (AvgIpc) is 2.35. The molecule has 0 N–H and O–H groups in total. The Kier molecular flexibility index (Phi) is 10.7. The number of unbranched alkanes of at least 4 members (excludes halogenated alkanes) is 2. The predicted octanol–water partition coefficient (Wildman–Crippen LogP) is 4.10. The standard InChI is InChI=1S/C16H34O5Si2/c1-15(17)19-11-7-9-13-22(3,4)21-23(5,6)14-10-8-12-20-16(2)18/h7-14H2,1-6H3. The molecule has 0 aromatic carbocycles. The van der Waals surface area contributed by atoms with E-state index in [9.17, 15) is 9.59 Å². The molecule has 0 aliphatic carbocycles. The van der Waals surface area contributed by atoms with Crippen molar-refractivity contribution in [3.63, 3.8) is 0 Å². The second-order valence-electron chi connectivity index (χ2n) is 7.22. The van der Waals surface area contributed by atoms with E-state index in [2.05, 4.69) is 26.2 Å². The molecule has 0 aromatic rings. The lowest BCUT2D eigenvalue weighted by Crippen LogP contribution is -2.44. The van der Waals surface area contributed by atoms with Crippen LogP contribution in [0.1, 0.15) is 39.5 Å². The maximum Gasteiger partial charge on any atom is 0.302 e. The number of esters is 2.